The molecule has 0 saturated carbocycles. The van der Waals surface area contributed by atoms with Gasteiger partial charge in [0.1, 0.15) is 10.1 Å². The van der Waals surface area contributed by atoms with Crippen molar-refractivity contribution in [3.8, 4) is 0 Å². The van der Waals surface area contributed by atoms with Gasteiger partial charge in [0.15, 0.2) is 5.16 Å². The van der Waals surface area contributed by atoms with Crippen molar-refractivity contribution in [2.75, 3.05) is 6.61 Å². The van der Waals surface area contributed by atoms with E-state index in [9.17, 15) is 9.59 Å². The standard InChI is InChI=1S/C16H16N2O3S2/c1-2-7-18-14(19)12-9-4-3-5-10(9)22-13(12)17-16(18)23-11-6-8-21-15(11)20/h2,11H,1,3-8H2/t11-/m1/s1. The molecule has 2 aromatic heterocycles. The fourth-order valence-electron chi connectivity index (χ4n) is 3.15. The lowest BCUT2D eigenvalue weighted by Gasteiger charge is -2.12. The molecule has 0 radical (unpaired) electrons. The first-order chi connectivity index (χ1) is 11.2. The van der Waals surface area contributed by atoms with Gasteiger partial charge in [-0.1, -0.05) is 17.8 Å². The smallest absolute Gasteiger partial charge is 0.319 e. The second kappa shape index (κ2) is 5.79. The fraction of sp³-hybridized carbons (Fsp3) is 0.438. The summed E-state index contributed by atoms with van der Waals surface area (Å²) in [6.45, 7) is 4.58. The molecule has 0 bridgehead atoms. The van der Waals surface area contributed by atoms with Crippen molar-refractivity contribution in [3.05, 3.63) is 33.4 Å². The van der Waals surface area contributed by atoms with Crippen LogP contribution in [0.25, 0.3) is 10.2 Å². The van der Waals surface area contributed by atoms with Gasteiger partial charge in [0, 0.05) is 17.8 Å². The van der Waals surface area contributed by atoms with Crippen LogP contribution in [0.2, 0.25) is 0 Å². The molecule has 1 saturated heterocycles. The average molecular weight is 348 g/mol. The summed E-state index contributed by atoms with van der Waals surface area (Å²) >= 11 is 2.95. The largest absolute Gasteiger partial charge is 0.465 e. The number of hydrogen-bond acceptors (Lipinski definition) is 6. The Labute approximate surface area is 141 Å². The van der Waals surface area contributed by atoms with E-state index >= 15 is 0 Å². The molecule has 0 spiro atoms. The number of hydrogen-bond donors (Lipinski definition) is 0. The lowest BCUT2D eigenvalue weighted by molar-refractivity contribution is -0.137. The molecule has 1 aliphatic heterocycles. The third-order valence-electron chi connectivity index (χ3n) is 4.24. The quantitative estimate of drug-likeness (QED) is 0.483. The molecular formula is C16H16N2O3S2. The highest BCUT2D eigenvalue weighted by Gasteiger charge is 2.30. The zero-order valence-corrected chi connectivity index (χ0v) is 14.2. The van der Waals surface area contributed by atoms with Crippen LogP contribution in [0.5, 0.6) is 0 Å². The number of allylic oxidation sites excluding steroid dienone is 1. The second-order valence-electron chi connectivity index (χ2n) is 5.70. The summed E-state index contributed by atoms with van der Waals surface area (Å²) in [5, 5.41) is 1.08. The highest BCUT2D eigenvalue weighted by atomic mass is 32.2. The molecule has 5 nitrogen and oxygen atoms in total. The van der Waals surface area contributed by atoms with E-state index in [0.29, 0.717) is 24.7 Å². The Bertz CT molecular complexity index is 868. The number of carbonyl (C=O) groups is 1. The van der Waals surface area contributed by atoms with Crippen molar-refractivity contribution >= 4 is 39.3 Å². The van der Waals surface area contributed by atoms with Gasteiger partial charge in [0.25, 0.3) is 5.56 Å². The van der Waals surface area contributed by atoms with Crippen molar-refractivity contribution in [1.82, 2.24) is 9.55 Å². The number of thioether (sulfide) groups is 1. The van der Waals surface area contributed by atoms with Gasteiger partial charge >= 0.3 is 5.97 Å². The monoisotopic (exact) mass is 348 g/mol. The summed E-state index contributed by atoms with van der Waals surface area (Å²) < 4.78 is 6.65. The lowest BCUT2D eigenvalue weighted by Crippen LogP contribution is -2.24. The zero-order chi connectivity index (χ0) is 16.0. The molecule has 7 heteroatoms. The maximum Gasteiger partial charge on any atom is 0.319 e. The molecule has 0 aromatic carbocycles. The predicted octanol–water partition coefficient (Wildman–Crippen LogP) is 2.54. The average Bonchev–Trinajstić information content (AvgIpc) is 3.20. The predicted molar refractivity (Wildman–Crippen MR) is 91.3 cm³/mol. The van der Waals surface area contributed by atoms with E-state index in [-0.39, 0.29) is 16.8 Å². The van der Waals surface area contributed by atoms with Gasteiger partial charge in [-0.2, -0.15) is 0 Å². The lowest BCUT2D eigenvalue weighted by atomic mass is 10.2. The summed E-state index contributed by atoms with van der Waals surface area (Å²) in [4.78, 5) is 31.5. The molecule has 0 unspecified atom stereocenters. The molecule has 1 fully saturated rings. The van der Waals surface area contributed by atoms with E-state index in [1.165, 1.54) is 22.2 Å². The SMILES string of the molecule is C=CCn1c(S[C@@H]2CCOC2=O)nc2sc3c(c2c1=O)CCC3. The van der Waals surface area contributed by atoms with Crippen LogP contribution < -0.4 is 5.56 Å². The summed E-state index contributed by atoms with van der Waals surface area (Å²) in [5.41, 5.74) is 1.17. The van der Waals surface area contributed by atoms with Crippen molar-refractivity contribution in [2.45, 2.75) is 42.6 Å². The van der Waals surface area contributed by atoms with E-state index in [4.69, 9.17) is 9.72 Å². The molecule has 2 aliphatic rings. The van der Waals surface area contributed by atoms with Crippen LogP contribution in [0.1, 0.15) is 23.3 Å². The highest BCUT2D eigenvalue weighted by molar-refractivity contribution is 8.00. The van der Waals surface area contributed by atoms with Crippen molar-refractivity contribution in [3.63, 3.8) is 0 Å². The van der Waals surface area contributed by atoms with Crippen molar-refractivity contribution < 1.29 is 9.53 Å². The number of carbonyl (C=O) groups excluding carboxylic acids is 1. The third kappa shape index (κ3) is 2.42. The minimum Gasteiger partial charge on any atom is -0.465 e. The number of ether oxygens (including phenoxy) is 1. The maximum absolute atomic E-state index is 13.0. The van der Waals surface area contributed by atoms with Gasteiger partial charge in [0.2, 0.25) is 0 Å². The Morgan fingerprint density at radius 2 is 2.30 bits per heavy atom. The van der Waals surface area contributed by atoms with Crippen LogP contribution in [0, 0.1) is 0 Å². The summed E-state index contributed by atoms with van der Waals surface area (Å²) in [6, 6.07) is 0. The molecule has 4 rings (SSSR count). The Balaban J connectivity index is 1.85. The number of aromatic nitrogens is 2. The van der Waals surface area contributed by atoms with Gasteiger partial charge < -0.3 is 4.74 Å². The summed E-state index contributed by atoms with van der Waals surface area (Å²) in [7, 11) is 0. The van der Waals surface area contributed by atoms with E-state index < -0.39 is 0 Å². The van der Waals surface area contributed by atoms with Crippen molar-refractivity contribution in [2.24, 2.45) is 0 Å². The normalized spacial score (nSPS) is 20.0. The maximum atomic E-state index is 13.0. The molecule has 23 heavy (non-hydrogen) atoms. The van der Waals surface area contributed by atoms with Gasteiger partial charge in [-0.25, -0.2) is 4.98 Å². The van der Waals surface area contributed by atoms with Crippen LogP contribution in [0.3, 0.4) is 0 Å². The summed E-state index contributed by atoms with van der Waals surface area (Å²) in [6.07, 6.45) is 5.46. The van der Waals surface area contributed by atoms with Crippen LogP contribution in [0.4, 0.5) is 0 Å². The number of thiophene rings is 1. The molecule has 1 aliphatic carbocycles. The molecular weight excluding hydrogens is 332 g/mol. The van der Waals surface area contributed by atoms with E-state index in [1.807, 2.05) is 0 Å². The number of esters is 1. The number of cyclic esters (lactones) is 1. The van der Waals surface area contributed by atoms with Gasteiger partial charge in [-0.15, -0.1) is 17.9 Å². The molecule has 120 valence electrons. The topological polar surface area (TPSA) is 61.2 Å². The number of aryl methyl sites for hydroxylation is 2. The number of rotatable bonds is 4. The molecule has 0 N–H and O–H groups in total. The Morgan fingerprint density at radius 3 is 3.04 bits per heavy atom. The van der Waals surface area contributed by atoms with E-state index in [1.54, 1.807) is 22.0 Å². The first-order valence-corrected chi connectivity index (χ1v) is 9.38. The minimum atomic E-state index is -0.276. The molecule has 2 aromatic rings. The zero-order valence-electron chi connectivity index (χ0n) is 12.5. The molecule has 1 atom stereocenters. The first-order valence-electron chi connectivity index (χ1n) is 7.68. The van der Waals surface area contributed by atoms with Crippen LogP contribution in [-0.2, 0) is 28.9 Å². The van der Waals surface area contributed by atoms with Gasteiger partial charge in [-0.05, 0) is 24.8 Å². The van der Waals surface area contributed by atoms with Crippen LogP contribution in [-0.4, -0.2) is 27.4 Å². The third-order valence-corrected chi connectivity index (χ3v) is 6.66. The van der Waals surface area contributed by atoms with E-state index in [0.717, 1.165) is 29.5 Å². The van der Waals surface area contributed by atoms with Crippen LogP contribution in [0.15, 0.2) is 22.6 Å². The number of fused-ring (bicyclic) bond motifs is 3. The number of nitrogens with zero attached hydrogens (tertiary/aromatic N) is 2. The van der Waals surface area contributed by atoms with Crippen molar-refractivity contribution in [1.29, 1.82) is 0 Å². The minimum absolute atomic E-state index is 0.0110. The Hall–Kier alpha value is -1.60. The van der Waals surface area contributed by atoms with Crippen LogP contribution >= 0.6 is 23.1 Å². The van der Waals surface area contributed by atoms with Gasteiger partial charge in [0.05, 0.1) is 12.0 Å². The molecule has 3 heterocycles. The first kappa shape index (κ1) is 15.0. The summed E-state index contributed by atoms with van der Waals surface area (Å²) in [5.74, 6) is -0.219. The molecule has 0 amide bonds. The second-order valence-corrected chi connectivity index (χ2v) is 7.95. The fourth-order valence-corrected chi connectivity index (χ4v) is 5.52. The Morgan fingerprint density at radius 1 is 1.43 bits per heavy atom. The highest BCUT2D eigenvalue weighted by Crippen LogP contribution is 2.36. The Kier molecular flexibility index (Phi) is 3.77. The van der Waals surface area contributed by atoms with Gasteiger partial charge in [-0.3, -0.25) is 14.2 Å². The van der Waals surface area contributed by atoms with E-state index in [2.05, 4.69) is 6.58 Å².